The largest absolute Gasteiger partial charge is 0.298 e. The van der Waals surface area contributed by atoms with E-state index in [2.05, 4.69) is 0 Å². The van der Waals surface area contributed by atoms with E-state index in [9.17, 15) is 9.18 Å². The fourth-order valence-corrected chi connectivity index (χ4v) is 3.24. The molecule has 0 unspecified atom stereocenters. The Kier molecular flexibility index (Phi) is 3.81. The highest BCUT2D eigenvalue weighted by atomic mass is 35.5. The summed E-state index contributed by atoms with van der Waals surface area (Å²) in [6, 6.07) is 14.5. The summed E-state index contributed by atoms with van der Waals surface area (Å²) < 4.78 is 13.5. The van der Waals surface area contributed by atoms with Crippen LogP contribution in [0.2, 0.25) is 5.02 Å². The molecular weight excluding hydrogens is 287 g/mol. The lowest BCUT2D eigenvalue weighted by Crippen LogP contribution is -2.43. The average Bonchev–Trinajstić information content (AvgIpc) is 2.44. The van der Waals surface area contributed by atoms with E-state index in [1.54, 1.807) is 12.1 Å². The molecule has 0 aliphatic heterocycles. The zero-order valence-corrected chi connectivity index (χ0v) is 12.4. The smallest absolute Gasteiger partial charge is 0.147 e. The van der Waals surface area contributed by atoms with Gasteiger partial charge in [-0.05, 0) is 30.0 Å². The van der Waals surface area contributed by atoms with Crippen LogP contribution >= 0.6 is 11.6 Å². The van der Waals surface area contributed by atoms with Crippen molar-refractivity contribution < 1.29 is 9.18 Å². The maximum absolute atomic E-state index is 13.5. The van der Waals surface area contributed by atoms with Gasteiger partial charge in [-0.15, -0.1) is 0 Å². The number of carbonyl (C=O) groups is 1. The molecule has 0 spiro atoms. The normalized spacial score (nSPS) is 16.3. The third-order valence-corrected chi connectivity index (χ3v) is 4.87. The summed E-state index contributed by atoms with van der Waals surface area (Å²) in [4.78, 5) is 12.8. The first-order chi connectivity index (χ1) is 10.1. The second-order valence-corrected chi connectivity index (χ2v) is 5.99. The van der Waals surface area contributed by atoms with Crippen molar-refractivity contribution in [3.63, 3.8) is 0 Å². The number of ketones is 1. The molecule has 108 valence electrons. The van der Waals surface area contributed by atoms with Crippen LogP contribution < -0.4 is 0 Å². The number of rotatable bonds is 4. The third kappa shape index (κ3) is 2.49. The van der Waals surface area contributed by atoms with E-state index in [-0.39, 0.29) is 17.2 Å². The van der Waals surface area contributed by atoms with E-state index >= 15 is 0 Å². The first-order valence-corrected chi connectivity index (χ1v) is 7.53. The molecule has 1 aliphatic rings. The summed E-state index contributed by atoms with van der Waals surface area (Å²) in [5.74, 6) is -0.336. The minimum absolute atomic E-state index is 0.0633. The zero-order chi connectivity index (χ0) is 14.9. The molecule has 2 aromatic carbocycles. The molecule has 0 radical (unpaired) electrons. The number of benzene rings is 2. The molecule has 0 amide bonds. The molecule has 3 rings (SSSR count). The molecule has 1 aliphatic carbocycles. The molecule has 1 fully saturated rings. The Morgan fingerprint density at radius 3 is 2.43 bits per heavy atom. The number of hydrogen-bond donors (Lipinski definition) is 0. The third-order valence-electron chi connectivity index (χ3n) is 4.45. The summed E-state index contributed by atoms with van der Waals surface area (Å²) >= 11 is 5.97. The summed E-state index contributed by atoms with van der Waals surface area (Å²) in [6.07, 6.45) is 2.97. The van der Waals surface area contributed by atoms with Gasteiger partial charge in [0.25, 0.3) is 0 Å². The Morgan fingerprint density at radius 1 is 1.10 bits per heavy atom. The van der Waals surface area contributed by atoms with E-state index in [0.29, 0.717) is 5.56 Å². The van der Waals surface area contributed by atoms with Crippen LogP contribution in [-0.2, 0) is 16.6 Å². The van der Waals surface area contributed by atoms with Gasteiger partial charge in [0.1, 0.15) is 11.6 Å². The molecule has 0 N–H and O–H groups in total. The van der Waals surface area contributed by atoms with Gasteiger partial charge in [0, 0.05) is 6.42 Å². The Labute approximate surface area is 128 Å². The lowest BCUT2D eigenvalue weighted by Gasteiger charge is -2.41. The molecule has 0 bridgehead atoms. The van der Waals surface area contributed by atoms with Crippen molar-refractivity contribution in [2.24, 2.45) is 0 Å². The topological polar surface area (TPSA) is 17.1 Å². The van der Waals surface area contributed by atoms with Gasteiger partial charge in [-0.2, -0.15) is 0 Å². The molecule has 2 aromatic rings. The summed E-state index contributed by atoms with van der Waals surface area (Å²) in [7, 11) is 0. The first kappa shape index (κ1) is 14.3. The minimum Gasteiger partial charge on any atom is -0.298 e. The van der Waals surface area contributed by atoms with Crippen LogP contribution in [0.15, 0.2) is 48.5 Å². The second kappa shape index (κ2) is 5.61. The monoisotopic (exact) mass is 302 g/mol. The van der Waals surface area contributed by atoms with Gasteiger partial charge in [-0.25, -0.2) is 4.39 Å². The van der Waals surface area contributed by atoms with Gasteiger partial charge in [0.05, 0.1) is 10.4 Å². The SMILES string of the molecule is O=C(Cc1cccc(F)c1Cl)C1(c2ccccc2)CCC1. The molecule has 0 atom stereocenters. The molecule has 1 nitrogen and oxygen atoms in total. The number of Topliss-reactive ketones (excluding diaryl/α,β-unsaturated/α-hetero) is 1. The van der Waals surface area contributed by atoms with Crippen LogP contribution in [0, 0.1) is 5.82 Å². The molecule has 21 heavy (non-hydrogen) atoms. The fourth-order valence-electron chi connectivity index (χ4n) is 3.04. The highest BCUT2D eigenvalue weighted by Crippen LogP contribution is 2.45. The molecule has 1 saturated carbocycles. The average molecular weight is 303 g/mol. The van der Waals surface area contributed by atoms with Gasteiger partial charge >= 0.3 is 0 Å². The molecule has 0 heterocycles. The summed E-state index contributed by atoms with van der Waals surface area (Å²) in [6.45, 7) is 0. The van der Waals surface area contributed by atoms with Crippen LogP contribution in [0.5, 0.6) is 0 Å². The molecule has 3 heteroatoms. The Balaban J connectivity index is 1.89. The Hall–Kier alpha value is -1.67. The number of hydrogen-bond acceptors (Lipinski definition) is 1. The fraction of sp³-hybridized carbons (Fsp3) is 0.278. The van der Waals surface area contributed by atoms with Gasteiger partial charge in [-0.1, -0.05) is 60.5 Å². The van der Waals surface area contributed by atoms with Crippen molar-refractivity contribution in [2.45, 2.75) is 31.1 Å². The van der Waals surface area contributed by atoms with Crippen molar-refractivity contribution in [1.29, 1.82) is 0 Å². The number of carbonyl (C=O) groups excluding carboxylic acids is 1. The van der Waals surface area contributed by atoms with Gasteiger partial charge in [0.15, 0.2) is 0 Å². The van der Waals surface area contributed by atoms with Crippen molar-refractivity contribution in [3.05, 3.63) is 70.5 Å². The van der Waals surface area contributed by atoms with Crippen LogP contribution in [0.4, 0.5) is 4.39 Å². The number of halogens is 2. The van der Waals surface area contributed by atoms with Gasteiger partial charge < -0.3 is 0 Å². The van der Waals surface area contributed by atoms with Crippen molar-refractivity contribution in [1.82, 2.24) is 0 Å². The second-order valence-electron chi connectivity index (χ2n) is 5.61. The lowest BCUT2D eigenvalue weighted by atomic mass is 9.61. The lowest BCUT2D eigenvalue weighted by molar-refractivity contribution is -0.127. The van der Waals surface area contributed by atoms with Crippen LogP contribution in [0.3, 0.4) is 0 Å². The first-order valence-electron chi connectivity index (χ1n) is 7.15. The maximum atomic E-state index is 13.5. The zero-order valence-electron chi connectivity index (χ0n) is 11.6. The molecule has 0 saturated heterocycles. The van der Waals surface area contributed by atoms with E-state index in [4.69, 9.17) is 11.6 Å². The standard InChI is InChI=1S/C18H16ClFO/c19-17-13(6-4-9-15(17)20)12-16(21)18(10-5-11-18)14-7-2-1-3-8-14/h1-4,6-9H,5,10-12H2. The van der Waals surface area contributed by atoms with Crippen LogP contribution in [0.25, 0.3) is 0 Å². The van der Waals surface area contributed by atoms with Gasteiger partial charge in [0.2, 0.25) is 0 Å². The quantitative estimate of drug-likeness (QED) is 0.799. The Morgan fingerprint density at radius 2 is 1.81 bits per heavy atom. The van der Waals surface area contributed by atoms with Crippen LogP contribution in [0.1, 0.15) is 30.4 Å². The van der Waals surface area contributed by atoms with Crippen molar-refractivity contribution in [3.8, 4) is 0 Å². The predicted octanol–water partition coefficient (Wildman–Crippen LogP) is 4.71. The van der Waals surface area contributed by atoms with E-state index < -0.39 is 11.2 Å². The van der Waals surface area contributed by atoms with E-state index in [0.717, 1.165) is 24.8 Å². The summed E-state index contributed by atoms with van der Waals surface area (Å²) in [5, 5.41) is 0.0633. The summed E-state index contributed by atoms with van der Waals surface area (Å²) in [5.41, 5.74) is 1.23. The van der Waals surface area contributed by atoms with Crippen molar-refractivity contribution in [2.75, 3.05) is 0 Å². The molecule has 0 aromatic heterocycles. The predicted molar refractivity (Wildman–Crippen MR) is 82.1 cm³/mol. The minimum atomic E-state index is -0.468. The highest BCUT2D eigenvalue weighted by molar-refractivity contribution is 6.31. The van der Waals surface area contributed by atoms with Gasteiger partial charge in [-0.3, -0.25) is 4.79 Å². The van der Waals surface area contributed by atoms with E-state index in [1.807, 2.05) is 30.3 Å². The van der Waals surface area contributed by atoms with E-state index in [1.165, 1.54) is 6.07 Å². The maximum Gasteiger partial charge on any atom is 0.147 e. The molecular formula is C18H16ClFO. The van der Waals surface area contributed by atoms with Crippen molar-refractivity contribution >= 4 is 17.4 Å². The Bertz CT molecular complexity index is 662. The highest BCUT2D eigenvalue weighted by Gasteiger charge is 2.44. The van der Waals surface area contributed by atoms with Crippen LogP contribution in [-0.4, -0.2) is 5.78 Å².